The fraction of sp³-hybridized carbons (Fsp3) is 0.435. The Morgan fingerprint density at radius 2 is 1.91 bits per heavy atom. The molecule has 1 saturated heterocycles. The fourth-order valence-corrected chi connectivity index (χ4v) is 3.64. The maximum atomic E-state index is 11.6. The van der Waals surface area contributed by atoms with Gasteiger partial charge in [0.15, 0.2) is 12.4 Å². The van der Waals surface area contributed by atoms with E-state index in [0.717, 1.165) is 11.1 Å². The number of azide groups is 1. The highest BCUT2D eigenvalue weighted by atomic mass is 16.7. The van der Waals surface area contributed by atoms with E-state index in [1.807, 2.05) is 30.3 Å². The van der Waals surface area contributed by atoms with Gasteiger partial charge in [0.2, 0.25) is 0 Å². The number of hydrogen-bond donors (Lipinski definition) is 1. The molecule has 12 nitrogen and oxygen atoms in total. The second kappa shape index (κ2) is 12.8. The maximum absolute atomic E-state index is 11.6. The quantitative estimate of drug-likeness (QED) is 0.126. The Morgan fingerprint density at radius 3 is 2.54 bits per heavy atom. The van der Waals surface area contributed by atoms with Crippen LogP contribution in [0.5, 0.6) is 0 Å². The zero-order valence-corrected chi connectivity index (χ0v) is 19.0. The van der Waals surface area contributed by atoms with Crippen molar-refractivity contribution in [2.45, 2.75) is 50.6 Å². The summed E-state index contributed by atoms with van der Waals surface area (Å²) in [5.41, 5.74) is 10.7. The van der Waals surface area contributed by atoms with E-state index in [1.165, 1.54) is 19.1 Å². The van der Waals surface area contributed by atoms with E-state index in [-0.39, 0.29) is 25.5 Å². The monoisotopic (exact) mass is 486 g/mol. The second-order valence-electron chi connectivity index (χ2n) is 7.85. The van der Waals surface area contributed by atoms with Gasteiger partial charge >= 0.3 is 5.97 Å². The number of nitro benzene ring substituents is 1. The molecular weight excluding hydrogens is 460 g/mol. The molecule has 1 N–H and O–H groups in total. The predicted molar refractivity (Wildman–Crippen MR) is 122 cm³/mol. The summed E-state index contributed by atoms with van der Waals surface area (Å²) in [6.07, 6.45) is -4.14. The Balaban J connectivity index is 1.66. The highest BCUT2D eigenvalue weighted by molar-refractivity contribution is 5.66. The van der Waals surface area contributed by atoms with Crippen LogP contribution in [0.2, 0.25) is 0 Å². The summed E-state index contributed by atoms with van der Waals surface area (Å²) in [5, 5.41) is 25.2. The van der Waals surface area contributed by atoms with E-state index >= 15 is 0 Å². The normalized spacial score (nSPS) is 23.8. The van der Waals surface area contributed by atoms with Crippen molar-refractivity contribution in [3.8, 4) is 0 Å². The van der Waals surface area contributed by atoms with Crippen molar-refractivity contribution < 1.29 is 33.8 Å². The van der Waals surface area contributed by atoms with Gasteiger partial charge < -0.3 is 24.1 Å². The fourth-order valence-electron chi connectivity index (χ4n) is 3.64. The van der Waals surface area contributed by atoms with E-state index in [9.17, 15) is 20.0 Å². The maximum Gasteiger partial charge on any atom is 0.303 e. The number of non-ortho nitro benzene ring substituents is 1. The summed E-state index contributed by atoms with van der Waals surface area (Å²) in [7, 11) is 0. The topological polar surface area (TPSA) is 166 Å². The molecule has 0 spiro atoms. The first kappa shape index (κ1) is 26.1. The number of nitro groups is 1. The number of rotatable bonds is 11. The number of carbonyl (C=O) groups excluding carboxylic acids is 1. The van der Waals surface area contributed by atoms with Crippen LogP contribution in [0.15, 0.2) is 59.7 Å². The highest BCUT2D eigenvalue weighted by Gasteiger charge is 2.47. The third-order valence-electron chi connectivity index (χ3n) is 5.34. The zero-order chi connectivity index (χ0) is 25.2. The van der Waals surface area contributed by atoms with Gasteiger partial charge in [-0.2, -0.15) is 0 Å². The Labute approximate surface area is 201 Å². The number of ether oxygens (including phenoxy) is 4. The number of carbonyl (C=O) groups is 1. The minimum Gasteiger partial charge on any atom is -0.457 e. The van der Waals surface area contributed by atoms with Gasteiger partial charge in [-0.1, -0.05) is 47.6 Å². The molecule has 1 aliphatic heterocycles. The molecule has 0 unspecified atom stereocenters. The SMILES string of the molecule is CC(=O)O[C@@H]1[C@H](O)[C@@H](N=[N+]=[N-])[C@@H](OCCc2ccc([N+](=O)[O-])cc2)O[C@@H]1COCc1ccccc1. The van der Waals surface area contributed by atoms with Gasteiger partial charge in [-0.05, 0) is 23.1 Å². The highest BCUT2D eigenvalue weighted by Crippen LogP contribution is 2.28. The van der Waals surface area contributed by atoms with Crippen LogP contribution in [-0.4, -0.2) is 59.9 Å². The summed E-state index contributed by atoms with van der Waals surface area (Å²) >= 11 is 0. The summed E-state index contributed by atoms with van der Waals surface area (Å²) in [5.74, 6) is -0.636. The summed E-state index contributed by atoms with van der Waals surface area (Å²) in [6.45, 7) is 1.57. The van der Waals surface area contributed by atoms with Crippen molar-refractivity contribution in [3.05, 3.63) is 86.3 Å². The van der Waals surface area contributed by atoms with Crippen molar-refractivity contribution in [1.29, 1.82) is 0 Å². The van der Waals surface area contributed by atoms with Crippen molar-refractivity contribution in [2.75, 3.05) is 13.2 Å². The zero-order valence-electron chi connectivity index (χ0n) is 19.0. The molecule has 0 bridgehead atoms. The van der Waals surface area contributed by atoms with Gasteiger partial charge in [-0.15, -0.1) is 0 Å². The van der Waals surface area contributed by atoms with Crippen molar-refractivity contribution in [3.63, 3.8) is 0 Å². The lowest BCUT2D eigenvalue weighted by Crippen LogP contribution is -2.60. The molecule has 2 aromatic rings. The molecule has 1 aliphatic rings. The van der Waals surface area contributed by atoms with Crippen molar-refractivity contribution >= 4 is 11.7 Å². The molecule has 0 aromatic heterocycles. The van der Waals surface area contributed by atoms with Gasteiger partial charge in [0.05, 0.1) is 24.7 Å². The van der Waals surface area contributed by atoms with Crippen molar-refractivity contribution in [2.24, 2.45) is 5.11 Å². The van der Waals surface area contributed by atoms with Gasteiger partial charge in [0, 0.05) is 24.0 Å². The van der Waals surface area contributed by atoms with Crippen LogP contribution in [0.3, 0.4) is 0 Å². The standard InChI is InChI=1S/C23H26N4O8/c1-15(28)34-22-19(14-32-13-17-5-3-2-4-6-17)35-23(20(21(22)29)25-26-24)33-12-11-16-7-9-18(10-8-16)27(30)31/h2-10,19-23,29H,11-14H2,1H3/t19-,20-,21-,22+,23+/m1/s1. The van der Waals surface area contributed by atoms with E-state index in [2.05, 4.69) is 10.0 Å². The van der Waals surface area contributed by atoms with Crippen LogP contribution >= 0.6 is 0 Å². The Morgan fingerprint density at radius 1 is 1.20 bits per heavy atom. The first-order chi connectivity index (χ1) is 16.9. The molecule has 1 heterocycles. The predicted octanol–water partition coefficient (Wildman–Crippen LogP) is 3.07. The molecule has 5 atom stereocenters. The summed E-state index contributed by atoms with van der Waals surface area (Å²) < 4.78 is 22.7. The minimum atomic E-state index is -1.39. The number of esters is 1. The third kappa shape index (κ3) is 7.47. The summed E-state index contributed by atoms with van der Waals surface area (Å²) in [6, 6.07) is 14.2. The van der Waals surface area contributed by atoms with Crippen LogP contribution in [0.25, 0.3) is 10.4 Å². The first-order valence-electron chi connectivity index (χ1n) is 10.9. The van der Waals surface area contributed by atoms with Crippen LogP contribution in [0, 0.1) is 10.1 Å². The molecule has 1 fully saturated rings. The third-order valence-corrected chi connectivity index (χ3v) is 5.34. The molecule has 12 heteroatoms. The average molecular weight is 486 g/mol. The molecular formula is C23H26N4O8. The molecule has 0 aliphatic carbocycles. The average Bonchev–Trinajstić information content (AvgIpc) is 2.84. The molecule has 0 radical (unpaired) electrons. The molecule has 3 rings (SSSR count). The summed E-state index contributed by atoms with van der Waals surface area (Å²) in [4.78, 5) is 24.7. The van der Waals surface area contributed by atoms with Crippen LogP contribution in [0.1, 0.15) is 18.1 Å². The molecule has 0 amide bonds. The first-order valence-corrected chi connectivity index (χ1v) is 10.9. The van der Waals surface area contributed by atoms with Gasteiger partial charge in [-0.25, -0.2) is 0 Å². The van der Waals surface area contributed by atoms with E-state index in [1.54, 1.807) is 12.1 Å². The Bertz CT molecular complexity index is 1030. The van der Waals surface area contributed by atoms with Crippen LogP contribution in [0.4, 0.5) is 5.69 Å². The lowest BCUT2D eigenvalue weighted by molar-refractivity contribution is -0.384. The van der Waals surface area contributed by atoms with E-state index in [0.29, 0.717) is 6.42 Å². The number of aliphatic hydroxyl groups is 1. The van der Waals surface area contributed by atoms with Crippen LogP contribution < -0.4 is 0 Å². The van der Waals surface area contributed by atoms with E-state index in [4.69, 9.17) is 24.5 Å². The largest absolute Gasteiger partial charge is 0.457 e. The number of aliphatic hydroxyl groups excluding tert-OH is 1. The molecule has 2 aromatic carbocycles. The van der Waals surface area contributed by atoms with E-state index < -0.39 is 41.5 Å². The van der Waals surface area contributed by atoms with Gasteiger partial charge in [-0.3, -0.25) is 14.9 Å². The molecule has 35 heavy (non-hydrogen) atoms. The number of hydrogen-bond acceptors (Lipinski definition) is 9. The van der Waals surface area contributed by atoms with Crippen LogP contribution in [-0.2, 0) is 36.8 Å². The lowest BCUT2D eigenvalue weighted by atomic mass is 9.97. The minimum absolute atomic E-state index is 0.0187. The number of benzene rings is 2. The van der Waals surface area contributed by atoms with Gasteiger partial charge in [0.25, 0.3) is 5.69 Å². The molecule has 0 saturated carbocycles. The molecule has 186 valence electrons. The number of nitrogens with zero attached hydrogens (tertiary/aromatic N) is 4. The lowest BCUT2D eigenvalue weighted by Gasteiger charge is -2.42. The Kier molecular flexibility index (Phi) is 9.53. The second-order valence-corrected chi connectivity index (χ2v) is 7.85. The van der Waals surface area contributed by atoms with Gasteiger partial charge in [0.1, 0.15) is 18.2 Å². The Hall–Kier alpha value is -3.54. The smallest absolute Gasteiger partial charge is 0.303 e. The van der Waals surface area contributed by atoms with Crippen molar-refractivity contribution in [1.82, 2.24) is 0 Å².